The summed E-state index contributed by atoms with van der Waals surface area (Å²) in [6.07, 6.45) is 1.72. The molecule has 2 atom stereocenters. The number of hydrogen-bond acceptors (Lipinski definition) is 5. The van der Waals surface area contributed by atoms with Crippen molar-refractivity contribution in [3.05, 3.63) is 48.2 Å². The molecule has 6 heteroatoms. The first kappa shape index (κ1) is 16.2. The molecule has 1 aliphatic heterocycles. The SMILES string of the molecule is O=C(N[C@@H]1C[C@@H](O)C12CCOCC2)c1ccc(Oc2ccccc2)o1. The van der Waals surface area contributed by atoms with Crippen molar-refractivity contribution in [1.29, 1.82) is 0 Å². The topological polar surface area (TPSA) is 80.9 Å². The van der Waals surface area contributed by atoms with Crippen LogP contribution in [0.3, 0.4) is 0 Å². The average molecular weight is 343 g/mol. The maximum Gasteiger partial charge on any atom is 0.290 e. The quantitative estimate of drug-likeness (QED) is 0.892. The van der Waals surface area contributed by atoms with Crippen LogP contribution in [-0.2, 0) is 4.74 Å². The Hall–Kier alpha value is -2.31. The van der Waals surface area contributed by atoms with E-state index in [0.717, 1.165) is 12.8 Å². The zero-order valence-corrected chi connectivity index (χ0v) is 13.8. The fourth-order valence-corrected chi connectivity index (χ4v) is 3.73. The van der Waals surface area contributed by atoms with Crippen LogP contribution in [0.2, 0.25) is 0 Å². The molecule has 2 fully saturated rings. The fraction of sp³-hybridized carbons (Fsp3) is 0.421. The van der Waals surface area contributed by atoms with Crippen molar-refractivity contribution in [3.63, 3.8) is 0 Å². The van der Waals surface area contributed by atoms with E-state index in [9.17, 15) is 9.90 Å². The molecule has 0 bridgehead atoms. The van der Waals surface area contributed by atoms with E-state index in [1.165, 1.54) is 0 Å². The Balaban J connectivity index is 1.40. The molecule has 1 aromatic heterocycles. The summed E-state index contributed by atoms with van der Waals surface area (Å²) in [5.74, 6) is 0.832. The van der Waals surface area contributed by atoms with Crippen LogP contribution < -0.4 is 10.1 Å². The van der Waals surface area contributed by atoms with E-state index < -0.39 is 0 Å². The molecular weight excluding hydrogens is 322 g/mol. The maximum absolute atomic E-state index is 12.5. The Labute approximate surface area is 145 Å². The summed E-state index contributed by atoms with van der Waals surface area (Å²) in [7, 11) is 0. The van der Waals surface area contributed by atoms with Gasteiger partial charge in [-0.25, -0.2) is 0 Å². The standard InChI is InChI=1S/C19H21NO5/c21-16-12-15(19(16)8-10-23-11-9-19)20-18(22)14-6-7-17(25-14)24-13-4-2-1-3-5-13/h1-7,15-16,21H,8-12H2,(H,20,22)/t15-,16-/m1/s1. The van der Waals surface area contributed by atoms with Crippen molar-refractivity contribution < 1.29 is 23.8 Å². The number of carbonyl (C=O) groups is 1. The maximum atomic E-state index is 12.5. The van der Waals surface area contributed by atoms with Crippen molar-refractivity contribution in [3.8, 4) is 11.7 Å². The zero-order valence-electron chi connectivity index (χ0n) is 13.8. The first-order valence-corrected chi connectivity index (χ1v) is 8.57. The smallest absolute Gasteiger partial charge is 0.290 e. The van der Waals surface area contributed by atoms with Gasteiger partial charge in [-0.2, -0.15) is 0 Å². The van der Waals surface area contributed by atoms with Crippen LogP contribution in [0.1, 0.15) is 29.8 Å². The Morgan fingerprint density at radius 3 is 2.64 bits per heavy atom. The number of nitrogens with one attached hydrogen (secondary N) is 1. The van der Waals surface area contributed by atoms with Gasteiger partial charge in [0.2, 0.25) is 0 Å². The van der Waals surface area contributed by atoms with E-state index in [-0.39, 0.29) is 35.2 Å². The second-order valence-corrected chi connectivity index (χ2v) is 6.66. The average Bonchev–Trinajstić information content (AvgIpc) is 3.11. The summed E-state index contributed by atoms with van der Waals surface area (Å²) < 4.78 is 16.5. The Bertz CT molecular complexity index is 735. The van der Waals surface area contributed by atoms with Crippen molar-refractivity contribution in [1.82, 2.24) is 5.32 Å². The molecule has 1 saturated carbocycles. The summed E-state index contributed by atoms with van der Waals surface area (Å²) in [4.78, 5) is 12.5. The molecule has 1 aromatic carbocycles. The molecule has 1 aliphatic carbocycles. The molecule has 0 unspecified atom stereocenters. The number of benzene rings is 1. The first-order chi connectivity index (χ1) is 12.2. The summed E-state index contributed by atoms with van der Waals surface area (Å²) in [5.41, 5.74) is -0.260. The predicted octanol–water partition coefficient (Wildman–Crippen LogP) is 2.73. The Kier molecular flexibility index (Phi) is 4.23. The van der Waals surface area contributed by atoms with Gasteiger partial charge in [0.05, 0.1) is 6.10 Å². The lowest BCUT2D eigenvalue weighted by Crippen LogP contribution is -2.65. The van der Waals surface area contributed by atoms with Gasteiger partial charge in [0, 0.05) is 30.7 Å². The van der Waals surface area contributed by atoms with Crippen LogP contribution in [0.25, 0.3) is 0 Å². The van der Waals surface area contributed by atoms with E-state index in [2.05, 4.69) is 5.32 Å². The highest BCUT2D eigenvalue weighted by atomic mass is 16.6. The van der Waals surface area contributed by atoms with E-state index in [4.69, 9.17) is 13.9 Å². The third-order valence-electron chi connectivity index (χ3n) is 5.31. The third kappa shape index (κ3) is 3.03. The molecule has 1 amide bonds. The minimum absolute atomic E-state index is 0.0532. The number of rotatable bonds is 4. The molecule has 2 aromatic rings. The zero-order chi connectivity index (χ0) is 17.3. The van der Waals surface area contributed by atoms with Gasteiger partial charge in [0.1, 0.15) is 5.75 Å². The highest BCUT2D eigenvalue weighted by Crippen LogP contribution is 2.49. The van der Waals surface area contributed by atoms with Crippen LogP contribution >= 0.6 is 0 Å². The number of para-hydroxylation sites is 1. The number of aliphatic hydroxyl groups excluding tert-OH is 1. The lowest BCUT2D eigenvalue weighted by atomic mass is 9.58. The van der Waals surface area contributed by atoms with E-state index in [1.807, 2.05) is 30.3 Å². The highest BCUT2D eigenvalue weighted by molar-refractivity contribution is 5.92. The summed E-state index contributed by atoms with van der Waals surface area (Å²) in [6, 6.07) is 12.4. The van der Waals surface area contributed by atoms with Gasteiger partial charge in [-0.1, -0.05) is 18.2 Å². The highest BCUT2D eigenvalue weighted by Gasteiger charge is 2.55. The number of amides is 1. The van der Waals surface area contributed by atoms with Crippen LogP contribution in [-0.4, -0.2) is 36.4 Å². The molecule has 2 N–H and O–H groups in total. The Morgan fingerprint density at radius 2 is 1.92 bits per heavy atom. The van der Waals surface area contributed by atoms with Crippen LogP contribution in [0.5, 0.6) is 11.7 Å². The number of carbonyl (C=O) groups excluding carboxylic acids is 1. The normalized spacial score (nSPS) is 24.5. The summed E-state index contributed by atoms with van der Waals surface area (Å²) in [5, 5.41) is 13.2. The van der Waals surface area contributed by atoms with E-state index >= 15 is 0 Å². The number of hydrogen-bond donors (Lipinski definition) is 2. The van der Waals surface area contributed by atoms with Crippen molar-refractivity contribution in [2.24, 2.45) is 5.41 Å². The van der Waals surface area contributed by atoms with Crippen molar-refractivity contribution in [2.75, 3.05) is 13.2 Å². The summed E-state index contributed by atoms with van der Waals surface area (Å²) >= 11 is 0. The van der Waals surface area contributed by atoms with Crippen LogP contribution in [0.15, 0.2) is 46.9 Å². The number of aliphatic hydroxyl groups is 1. The van der Waals surface area contributed by atoms with Gasteiger partial charge in [-0.15, -0.1) is 0 Å². The lowest BCUT2D eigenvalue weighted by Gasteiger charge is -2.55. The molecule has 2 aliphatic rings. The molecule has 1 spiro atoms. The molecule has 1 saturated heterocycles. The predicted molar refractivity (Wildman–Crippen MR) is 89.6 cm³/mol. The fourth-order valence-electron chi connectivity index (χ4n) is 3.73. The van der Waals surface area contributed by atoms with Crippen LogP contribution in [0, 0.1) is 5.41 Å². The second kappa shape index (κ2) is 6.54. The first-order valence-electron chi connectivity index (χ1n) is 8.57. The molecule has 6 nitrogen and oxygen atoms in total. The van der Waals surface area contributed by atoms with Gasteiger partial charge in [-0.05, 0) is 37.5 Å². The molecule has 132 valence electrons. The molecule has 25 heavy (non-hydrogen) atoms. The van der Waals surface area contributed by atoms with Crippen molar-refractivity contribution >= 4 is 5.91 Å². The molecule has 0 radical (unpaired) electrons. The minimum atomic E-state index is -0.379. The van der Waals surface area contributed by atoms with Gasteiger partial charge >= 0.3 is 0 Å². The largest absolute Gasteiger partial charge is 0.426 e. The third-order valence-corrected chi connectivity index (χ3v) is 5.31. The Morgan fingerprint density at radius 1 is 1.16 bits per heavy atom. The van der Waals surface area contributed by atoms with Gasteiger partial charge in [0.25, 0.3) is 11.9 Å². The van der Waals surface area contributed by atoms with Crippen molar-refractivity contribution in [2.45, 2.75) is 31.4 Å². The van der Waals surface area contributed by atoms with Gasteiger partial charge in [-0.3, -0.25) is 4.79 Å². The monoisotopic (exact) mass is 343 g/mol. The second-order valence-electron chi connectivity index (χ2n) is 6.66. The number of ether oxygens (including phenoxy) is 2. The van der Waals surface area contributed by atoms with Crippen LogP contribution in [0.4, 0.5) is 0 Å². The minimum Gasteiger partial charge on any atom is -0.426 e. The molecular formula is C19H21NO5. The number of furan rings is 1. The molecule has 4 rings (SSSR count). The summed E-state index contributed by atoms with van der Waals surface area (Å²) in [6.45, 7) is 1.25. The van der Waals surface area contributed by atoms with Gasteiger partial charge in [0.15, 0.2) is 5.76 Å². The molecule has 2 heterocycles. The van der Waals surface area contributed by atoms with E-state index in [0.29, 0.717) is 25.4 Å². The van der Waals surface area contributed by atoms with Gasteiger partial charge < -0.3 is 24.3 Å². The lowest BCUT2D eigenvalue weighted by molar-refractivity contribution is -0.145. The van der Waals surface area contributed by atoms with E-state index in [1.54, 1.807) is 12.1 Å².